The second-order valence-corrected chi connectivity index (χ2v) is 8.81. The Labute approximate surface area is 178 Å². The van der Waals surface area contributed by atoms with Crippen LogP contribution in [0.5, 0.6) is 0 Å². The molecule has 0 fully saturated rings. The highest BCUT2D eigenvalue weighted by molar-refractivity contribution is 9.10. The molecule has 4 aromatic carbocycles. The minimum Gasteiger partial charge on any atom is -0.248 e. The molecular formula is C24H14Br2N2. The van der Waals surface area contributed by atoms with Crippen molar-refractivity contribution >= 4 is 75.5 Å². The maximum atomic E-state index is 3.67. The SMILES string of the molecule is Brc1ccc2c3ccccc3n(-n3c4ccccc4c4ccc(Br)cc43)c2c1. The summed E-state index contributed by atoms with van der Waals surface area (Å²) < 4.78 is 6.83. The molecule has 0 aliphatic heterocycles. The molecule has 0 unspecified atom stereocenters. The van der Waals surface area contributed by atoms with E-state index in [0.29, 0.717) is 0 Å². The normalized spacial score (nSPS) is 11.9. The predicted octanol–water partition coefficient (Wildman–Crippen LogP) is 7.74. The molecule has 0 saturated heterocycles. The Morgan fingerprint density at radius 3 is 1.29 bits per heavy atom. The van der Waals surface area contributed by atoms with Crippen LogP contribution in [0.25, 0.3) is 43.6 Å². The van der Waals surface area contributed by atoms with Crippen LogP contribution >= 0.6 is 31.9 Å². The monoisotopic (exact) mass is 488 g/mol. The van der Waals surface area contributed by atoms with Crippen LogP contribution in [0, 0.1) is 0 Å². The highest BCUT2D eigenvalue weighted by atomic mass is 79.9. The number of nitrogens with zero attached hydrogens (tertiary/aromatic N) is 2. The van der Waals surface area contributed by atoms with Crippen molar-refractivity contribution in [3.05, 3.63) is 93.9 Å². The third-order valence-corrected chi connectivity index (χ3v) is 6.41. The average Bonchev–Trinajstić information content (AvgIpc) is 3.19. The molecule has 0 N–H and O–H groups in total. The number of hydrogen-bond donors (Lipinski definition) is 0. The average molecular weight is 490 g/mol. The van der Waals surface area contributed by atoms with E-state index >= 15 is 0 Å². The highest BCUT2D eigenvalue weighted by Crippen LogP contribution is 2.36. The second-order valence-electron chi connectivity index (χ2n) is 6.98. The van der Waals surface area contributed by atoms with Crippen LogP contribution < -0.4 is 0 Å². The third kappa shape index (κ3) is 2.19. The number of hydrogen-bond acceptors (Lipinski definition) is 0. The molecule has 134 valence electrons. The standard InChI is InChI=1S/C24H14Br2N2/c25-15-9-11-19-17-5-1-3-7-21(17)27(23(19)13-15)28-22-8-4-2-6-18(22)20-12-10-16(26)14-24(20)28/h1-14H. The molecule has 0 atom stereocenters. The van der Waals surface area contributed by atoms with Crippen LogP contribution in [0.2, 0.25) is 0 Å². The first-order valence-electron chi connectivity index (χ1n) is 9.10. The number of benzene rings is 4. The van der Waals surface area contributed by atoms with Gasteiger partial charge in [-0.1, -0.05) is 80.4 Å². The van der Waals surface area contributed by atoms with Gasteiger partial charge in [0.2, 0.25) is 0 Å². The molecule has 4 heteroatoms. The molecule has 6 rings (SSSR count). The summed E-state index contributed by atoms with van der Waals surface area (Å²) in [6, 6.07) is 30.2. The van der Waals surface area contributed by atoms with Crippen molar-refractivity contribution in [2.45, 2.75) is 0 Å². The number of rotatable bonds is 1. The summed E-state index contributed by atoms with van der Waals surface area (Å²) in [7, 11) is 0. The van der Waals surface area contributed by atoms with Gasteiger partial charge in [0, 0.05) is 30.5 Å². The van der Waals surface area contributed by atoms with Crippen molar-refractivity contribution in [1.29, 1.82) is 0 Å². The second kappa shape index (κ2) is 5.97. The molecule has 0 aliphatic carbocycles. The Hall–Kier alpha value is -2.56. The van der Waals surface area contributed by atoms with E-state index in [1.165, 1.54) is 43.6 Å². The van der Waals surface area contributed by atoms with Gasteiger partial charge in [-0.2, -0.15) is 0 Å². The molecule has 0 aliphatic rings. The summed E-state index contributed by atoms with van der Waals surface area (Å²) in [5.74, 6) is 0. The van der Waals surface area contributed by atoms with E-state index in [1.807, 2.05) is 0 Å². The summed E-state index contributed by atoms with van der Waals surface area (Å²) in [6.45, 7) is 0. The Morgan fingerprint density at radius 2 is 0.821 bits per heavy atom. The highest BCUT2D eigenvalue weighted by Gasteiger charge is 2.17. The van der Waals surface area contributed by atoms with E-state index < -0.39 is 0 Å². The zero-order valence-corrected chi connectivity index (χ0v) is 17.9. The van der Waals surface area contributed by atoms with Crippen LogP contribution in [-0.2, 0) is 0 Å². The first kappa shape index (κ1) is 16.4. The lowest BCUT2D eigenvalue weighted by Gasteiger charge is -2.13. The summed E-state index contributed by atoms with van der Waals surface area (Å²) in [4.78, 5) is 0. The van der Waals surface area contributed by atoms with Gasteiger partial charge < -0.3 is 0 Å². The molecule has 0 radical (unpaired) electrons. The lowest BCUT2D eigenvalue weighted by molar-refractivity contribution is 0.774. The van der Waals surface area contributed by atoms with Crippen molar-refractivity contribution in [3.63, 3.8) is 0 Å². The first-order valence-corrected chi connectivity index (χ1v) is 10.7. The summed E-state index contributed by atoms with van der Waals surface area (Å²) >= 11 is 7.34. The van der Waals surface area contributed by atoms with Crippen molar-refractivity contribution in [2.24, 2.45) is 0 Å². The summed E-state index contributed by atoms with van der Waals surface area (Å²) in [5.41, 5.74) is 4.74. The van der Waals surface area contributed by atoms with Gasteiger partial charge in [0.15, 0.2) is 0 Å². The van der Waals surface area contributed by atoms with Gasteiger partial charge in [0.1, 0.15) is 0 Å². The largest absolute Gasteiger partial charge is 0.248 e. The molecular weight excluding hydrogens is 476 g/mol. The first-order chi connectivity index (χ1) is 13.7. The molecule has 0 spiro atoms. The lowest BCUT2D eigenvalue weighted by atomic mass is 10.2. The van der Waals surface area contributed by atoms with Gasteiger partial charge in [-0.05, 0) is 36.4 Å². The Kier molecular flexibility index (Phi) is 3.49. The van der Waals surface area contributed by atoms with Gasteiger partial charge >= 0.3 is 0 Å². The number of aromatic nitrogens is 2. The maximum absolute atomic E-state index is 3.67. The molecule has 0 amide bonds. The van der Waals surface area contributed by atoms with Crippen LogP contribution in [0.3, 0.4) is 0 Å². The van der Waals surface area contributed by atoms with Gasteiger partial charge in [0.05, 0.1) is 22.1 Å². The van der Waals surface area contributed by atoms with Crippen molar-refractivity contribution in [2.75, 3.05) is 0 Å². The Balaban J connectivity index is 1.92. The third-order valence-electron chi connectivity index (χ3n) is 5.42. The summed E-state index contributed by atoms with van der Waals surface area (Å²) in [5, 5.41) is 5.01. The van der Waals surface area contributed by atoms with Crippen molar-refractivity contribution in [1.82, 2.24) is 9.35 Å². The topological polar surface area (TPSA) is 9.86 Å². The van der Waals surface area contributed by atoms with Gasteiger partial charge in [-0.25, -0.2) is 9.35 Å². The van der Waals surface area contributed by atoms with Crippen LogP contribution in [-0.4, -0.2) is 9.35 Å². The molecule has 28 heavy (non-hydrogen) atoms. The number of halogens is 2. The molecule has 2 heterocycles. The fraction of sp³-hybridized carbons (Fsp3) is 0. The van der Waals surface area contributed by atoms with E-state index in [0.717, 1.165) is 8.95 Å². The minimum atomic E-state index is 1.08. The number of para-hydroxylation sites is 2. The maximum Gasteiger partial charge on any atom is 0.0727 e. The zero-order chi connectivity index (χ0) is 18.8. The van der Waals surface area contributed by atoms with E-state index in [-0.39, 0.29) is 0 Å². The van der Waals surface area contributed by atoms with Crippen LogP contribution in [0.1, 0.15) is 0 Å². The molecule has 6 aromatic rings. The number of fused-ring (bicyclic) bond motifs is 6. The van der Waals surface area contributed by atoms with Crippen LogP contribution in [0.15, 0.2) is 93.9 Å². The van der Waals surface area contributed by atoms with Crippen molar-refractivity contribution in [3.8, 4) is 0 Å². The molecule has 2 nitrogen and oxygen atoms in total. The van der Waals surface area contributed by atoms with E-state index in [2.05, 4.69) is 126 Å². The predicted molar refractivity (Wildman–Crippen MR) is 125 cm³/mol. The zero-order valence-electron chi connectivity index (χ0n) is 14.7. The van der Waals surface area contributed by atoms with Crippen LogP contribution in [0.4, 0.5) is 0 Å². The Morgan fingerprint density at radius 1 is 0.429 bits per heavy atom. The fourth-order valence-corrected chi connectivity index (χ4v) is 4.98. The van der Waals surface area contributed by atoms with Crippen molar-refractivity contribution < 1.29 is 0 Å². The molecule has 0 saturated carbocycles. The lowest BCUT2D eigenvalue weighted by Crippen LogP contribution is -2.08. The van der Waals surface area contributed by atoms with E-state index in [1.54, 1.807) is 0 Å². The fourth-order valence-electron chi connectivity index (χ4n) is 4.28. The van der Waals surface area contributed by atoms with E-state index in [4.69, 9.17) is 0 Å². The Bertz CT molecular complexity index is 1420. The minimum absolute atomic E-state index is 1.08. The van der Waals surface area contributed by atoms with Gasteiger partial charge in [0.25, 0.3) is 0 Å². The van der Waals surface area contributed by atoms with E-state index in [9.17, 15) is 0 Å². The van der Waals surface area contributed by atoms with Gasteiger partial charge in [-0.15, -0.1) is 0 Å². The van der Waals surface area contributed by atoms with Gasteiger partial charge in [-0.3, -0.25) is 0 Å². The smallest absolute Gasteiger partial charge is 0.0727 e. The summed E-state index contributed by atoms with van der Waals surface area (Å²) in [6.07, 6.45) is 0. The molecule has 2 aromatic heterocycles. The quantitative estimate of drug-likeness (QED) is 0.223. The molecule has 0 bridgehead atoms.